The van der Waals surface area contributed by atoms with Gasteiger partial charge in [0.2, 0.25) is 0 Å². The number of aromatic nitrogens is 3. The van der Waals surface area contributed by atoms with Gasteiger partial charge in [-0.2, -0.15) is 5.10 Å². The molecule has 1 atom stereocenters. The van der Waals surface area contributed by atoms with Gasteiger partial charge in [-0.25, -0.2) is 0 Å². The molecule has 1 fully saturated rings. The van der Waals surface area contributed by atoms with E-state index in [4.69, 9.17) is 9.47 Å². The second-order valence-corrected chi connectivity index (χ2v) is 7.33. The van der Waals surface area contributed by atoms with Crippen LogP contribution in [0.25, 0.3) is 16.5 Å². The molecule has 6 heteroatoms. The van der Waals surface area contributed by atoms with Crippen molar-refractivity contribution in [2.75, 3.05) is 25.1 Å². The quantitative estimate of drug-likeness (QED) is 0.689. The molecule has 1 aliphatic heterocycles. The Hall–Kier alpha value is -2.60. The Bertz CT molecular complexity index is 973. The zero-order chi connectivity index (χ0) is 19.7. The minimum absolute atomic E-state index is 0.257. The monoisotopic (exact) mass is 380 g/mol. The number of fused-ring (bicyclic) bond motifs is 1. The minimum atomic E-state index is 0.257. The number of hydrogen-bond acceptors (Lipinski definition) is 5. The van der Waals surface area contributed by atoms with Crippen LogP contribution in [-0.2, 0) is 4.74 Å². The maximum absolute atomic E-state index is 5.74. The molecule has 0 spiro atoms. The van der Waals surface area contributed by atoms with Gasteiger partial charge in [0.25, 0.3) is 0 Å². The third-order valence-corrected chi connectivity index (χ3v) is 5.47. The molecule has 3 heterocycles. The van der Waals surface area contributed by atoms with Gasteiger partial charge in [-0.3, -0.25) is 0 Å². The molecule has 0 amide bonds. The molecular weight excluding hydrogens is 352 g/mol. The number of aryl methyl sites for hydroxylation is 3. The smallest absolute Gasteiger partial charge is 0.158 e. The van der Waals surface area contributed by atoms with Gasteiger partial charge in [0.1, 0.15) is 5.75 Å². The Kier molecular flexibility index (Phi) is 5.22. The summed E-state index contributed by atoms with van der Waals surface area (Å²) in [4.78, 5) is 0. The van der Waals surface area contributed by atoms with Crippen LogP contribution < -0.4 is 10.1 Å². The van der Waals surface area contributed by atoms with Crippen LogP contribution >= 0.6 is 0 Å². The van der Waals surface area contributed by atoms with Gasteiger partial charge in [-0.05, 0) is 64.8 Å². The molecule has 1 N–H and O–H groups in total. The van der Waals surface area contributed by atoms with Crippen LogP contribution in [-0.4, -0.2) is 40.6 Å². The van der Waals surface area contributed by atoms with Crippen molar-refractivity contribution in [2.24, 2.45) is 0 Å². The summed E-state index contributed by atoms with van der Waals surface area (Å²) in [6.07, 6.45) is 2.49. The molecule has 4 rings (SSSR count). The van der Waals surface area contributed by atoms with E-state index in [1.165, 1.54) is 5.69 Å². The summed E-state index contributed by atoms with van der Waals surface area (Å²) in [5.41, 5.74) is 4.39. The number of ether oxygens (including phenoxy) is 2. The average molecular weight is 380 g/mol. The summed E-state index contributed by atoms with van der Waals surface area (Å²) in [5, 5.41) is 14.7. The van der Waals surface area contributed by atoms with Crippen LogP contribution in [0.15, 0.2) is 24.3 Å². The summed E-state index contributed by atoms with van der Waals surface area (Å²) >= 11 is 0. The van der Waals surface area contributed by atoms with Crippen molar-refractivity contribution < 1.29 is 9.47 Å². The normalized spacial score (nSPS) is 16.6. The second kappa shape index (κ2) is 7.80. The van der Waals surface area contributed by atoms with E-state index in [1.807, 2.05) is 26.0 Å². The topological polar surface area (TPSA) is 61.2 Å². The average Bonchev–Trinajstić information content (AvgIpc) is 3.30. The lowest BCUT2D eigenvalue weighted by Crippen LogP contribution is -2.19. The lowest BCUT2D eigenvalue weighted by atomic mass is 10.1. The van der Waals surface area contributed by atoms with Gasteiger partial charge in [-0.1, -0.05) is 0 Å². The first-order valence-corrected chi connectivity index (χ1v) is 10.0. The Morgan fingerprint density at radius 2 is 1.86 bits per heavy atom. The molecule has 0 bridgehead atoms. The van der Waals surface area contributed by atoms with Gasteiger partial charge in [0.15, 0.2) is 5.82 Å². The van der Waals surface area contributed by atoms with Crippen LogP contribution in [0.1, 0.15) is 36.8 Å². The van der Waals surface area contributed by atoms with Crippen molar-refractivity contribution in [3.63, 3.8) is 0 Å². The van der Waals surface area contributed by atoms with Crippen LogP contribution in [0.5, 0.6) is 5.75 Å². The molecular formula is C22H28N4O2. The van der Waals surface area contributed by atoms with Crippen molar-refractivity contribution >= 4 is 16.6 Å². The van der Waals surface area contributed by atoms with Gasteiger partial charge in [0, 0.05) is 41.0 Å². The van der Waals surface area contributed by atoms with Crippen LogP contribution in [0.3, 0.4) is 0 Å². The number of anilines is 1. The van der Waals surface area contributed by atoms with Crippen LogP contribution in [0.4, 0.5) is 5.82 Å². The van der Waals surface area contributed by atoms with Crippen LogP contribution in [0, 0.1) is 20.8 Å². The highest BCUT2D eigenvalue weighted by Crippen LogP contribution is 2.34. The molecule has 1 aromatic carbocycles. The van der Waals surface area contributed by atoms with Crippen molar-refractivity contribution in [1.82, 2.24) is 14.8 Å². The van der Waals surface area contributed by atoms with Crippen molar-refractivity contribution in [3.05, 3.63) is 41.3 Å². The standard InChI is InChI=1S/C22H28N4O2/c1-5-27-18-10-8-17(9-11-18)26-15(3)20-14(2)24-25-22(21(20)16(26)4)23-13-19-7-6-12-28-19/h8-11,19H,5-7,12-13H2,1-4H3,(H,23,25). The Morgan fingerprint density at radius 1 is 1.11 bits per heavy atom. The van der Waals surface area contributed by atoms with Gasteiger partial charge >= 0.3 is 0 Å². The highest BCUT2D eigenvalue weighted by atomic mass is 16.5. The lowest BCUT2D eigenvalue weighted by Gasteiger charge is -2.12. The predicted molar refractivity (Wildman–Crippen MR) is 112 cm³/mol. The maximum atomic E-state index is 5.74. The van der Waals surface area contributed by atoms with Gasteiger partial charge in [-0.15, -0.1) is 5.10 Å². The Labute approximate surface area is 165 Å². The molecule has 0 radical (unpaired) electrons. The predicted octanol–water partition coefficient (Wildman–Crippen LogP) is 4.34. The highest BCUT2D eigenvalue weighted by Gasteiger charge is 2.21. The molecule has 148 valence electrons. The molecule has 2 aromatic heterocycles. The summed E-state index contributed by atoms with van der Waals surface area (Å²) in [5.74, 6) is 1.72. The second-order valence-electron chi connectivity index (χ2n) is 7.33. The molecule has 1 aliphatic rings. The third kappa shape index (κ3) is 3.33. The summed E-state index contributed by atoms with van der Waals surface area (Å²) in [7, 11) is 0. The molecule has 1 saturated heterocycles. The van der Waals surface area contributed by atoms with Gasteiger partial charge in [0.05, 0.1) is 18.4 Å². The molecule has 1 unspecified atom stereocenters. The first kappa shape index (κ1) is 18.7. The number of nitrogens with zero attached hydrogens (tertiary/aromatic N) is 3. The lowest BCUT2D eigenvalue weighted by molar-refractivity contribution is 0.120. The fourth-order valence-corrected chi connectivity index (χ4v) is 4.18. The van der Waals surface area contributed by atoms with E-state index >= 15 is 0 Å². The van der Waals surface area contributed by atoms with E-state index in [0.29, 0.717) is 6.61 Å². The number of benzene rings is 1. The van der Waals surface area contributed by atoms with E-state index in [-0.39, 0.29) is 6.10 Å². The Balaban J connectivity index is 1.75. The maximum Gasteiger partial charge on any atom is 0.158 e. The summed E-state index contributed by atoms with van der Waals surface area (Å²) in [6, 6.07) is 8.23. The van der Waals surface area contributed by atoms with Crippen molar-refractivity contribution in [1.29, 1.82) is 0 Å². The Morgan fingerprint density at radius 3 is 2.54 bits per heavy atom. The van der Waals surface area contributed by atoms with Crippen molar-refractivity contribution in [2.45, 2.75) is 46.6 Å². The van der Waals surface area contributed by atoms with E-state index in [2.05, 4.69) is 46.1 Å². The largest absolute Gasteiger partial charge is 0.494 e. The minimum Gasteiger partial charge on any atom is -0.494 e. The molecule has 3 aromatic rings. The van der Waals surface area contributed by atoms with Crippen molar-refractivity contribution in [3.8, 4) is 11.4 Å². The SMILES string of the molecule is CCOc1ccc(-n2c(C)c3c(C)nnc(NCC4CCCO4)c3c2C)cc1. The fourth-order valence-electron chi connectivity index (χ4n) is 4.18. The third-order valence-electron chi connectivity index (χ3n) is 5.47. The molecule has 0 aliphatic carbocycles. The van der Waals surface area contributed by atoms with E-state index in [1.54, 1.807) is 0 Å². The number of hydrogen-bond donors (Lipinski definition) is 1. The molecule has 6 nitrogen and oxygen atoms in total. The highest BCUT2D eigenvalue weighted by molar-refractivity contribution is 5.98. The molecule has 28 heavy (non-hydrogen) atoms. The summed E-state index contributed by atoms with van der Waals surface area (Å²) < 4.78 is 13.6. The van der Waals surface area contributed by atoms with E-state index < -0.39 is 0 Å². The number of nitrogens with one attached hydrogen (secondary N) is 1. The zero-order valence-electron chi connectivity index (χ0n) is 17.1. The van der Waals surface area contributed by atoms with E-state index in [9.17, 15) is 0 Å². The molecule has 0 saturated carbocycles. The number of rotatable bonds is 6. The van der Waals surface area contributed by atoms with Gasteiger partial charge < -0.3 is 19.4 Å². The van der Waals surface area contributed by atoms with Crippen LogP contribution in [0.2, 0.25) is 0 Å². The first-order valence-electron chi connectivity index (χ1n) is 10.0. The first-order chi connectivity index (χ1) is 13.6. The zero-order valence-corrected chi connectivity index (χ0v) is 17.1. The summed E-state index contributed by atoms with van der Waals surface area (Å²) in [6.45, 7) is 10.6. The van der Waals surface area contributed by atoms with E-state index in [0.717, 1.165) is 65.4 Å². The fraction of sp³-hybridized carbons (Fsp3) is 0.455.